The molecule has 158 valence electrons. The summed E-state index contributed by atoms with van der Waals surface area (Å²) >= 11 is 6.95. The van der Waals surface area contributed by atoms with Gasteiger partial charge in [-0.2, -0.15) is 0 Å². The van der Waals surface area contributed by atoms with Gasteiger partial charge in [-0.25, -0.2) is 9.37 Å². The first-order valence-electron chi connectivity index (χ1n) is 9.54. The molecule has 0 atom stereocenters. The molecule has 1 aromatic heterocycles. The van der Waals surface area contributed by atoms with Gasteiger partial charge in [0, 0.05) is 23.4 Å². The molecule has 3 aliphatic rings. The third kappa shape index (κ3) is 4.25. The Kier molecular flexibility index (Phi) is 5.40. The highest BCUT2D eigenvalue weighted by molar-refractivity contribution is 7.09. The van der Waals surface area contributed by atoms with Gasteiger partial charge in [-0.3, -0.25) is 14.4 Å². The van der Waals surface area contributed by atoms with E-state index in [0.29, 0.717) is 17.1 Å². The Bertz CT molecular complexity index is 1020. The molecular formula is C21H20ClFN2O4S. The number of rotatable bonds is 9. The molecule has 0 unspecified atom stereocenters. The Morgan fingerprint density at radius 3 is 2.70 bits per heavy atom. The number of halogens is 2. The Morgan fingerprint density at radius 1 is 1.30 bits per heavy atom. The zero-order valence-electron chi connectivity index (χ0n) is 16.3. The van der Waals surface area contributed by atoms with E-state index in [4.69, 9.17) is 16.3 Å². The van der Waals surface area contributed by atoms with Crippen molar-refractivity contribution in [3.63, 3.8) is 0 Å². The summed E-state index contributed by atoms with van der Waals surface area (Å²) in [5, 5.41) is 5.33. The van der Waals surface area contributed by atoms with Crippen molar-refractivity contribution in [2.24, 2.45) is 5.41 Å². The predicted molar refractivity (Wildman–Crippen MR) is 110 cm³/mol. The molecule has 0 aliphatic heterocycles. The second-order valence-corrected chi connectivity index (χ2v) is 9.68. The van der Waals surface area contributed by atoms with Crippen LogP contribution in [0.15, 0.2) is 23.6 Å². The van der Waals surface area contributed by atoms with Crippen molar-refractivity contribution in [3.05, 3.63) is 45.1 Å². The van der Waals surface area contributed by atoms with Gasteiger partial charge in [0.15, 0.2) is 12.4 Å². The largest absolute Gasteiger partial charge is 0.484 e. The lowest BCUT2D eigenvalue weighted by atomic mass is 9.38. The smallest absolute Gasteiger partial charge is 0.258 e. The van der Waals surface area contributed by atoms with Crippen LogP contribution in [0.25, 0.3) is 0 Å². The van der Waals surface area contributed by atoms with Gasteiger partial charge < -0.3 is 10.1 Å². The molecule has 1 heterocycles. The fourth-order valence-corrected chi connectivity index (χ4v) is 5.52. The first-order valence-corrected chi connectivity index (χ1v) is 10.8. The predicted octanol–water partition coefficient (Wildman–Crippen LogP) is 3.76. The van der Waals surface area contributed by atoms with Crippen LogP contribution in [0.5, 0.6) is 5.75 Å². The van der Waals surface area contributed by atoms with Crippen LogP contribution in [0, 0.1) is 11.2 Å². The summed E-state index contributed by atoms with van der Waals surface area (Å²) in [6, 6.07) is 4.01. The number of carbonyl (C=O) groups excluding carboxylic acids is 3. The SMILES string of the molecule is CC(=O)Cc1nc(C(=O)CC23CC(NC(=O)COc4ccc(Cl)c(F)c4)(C2)C3)cs1. The van der Waals surface area contributed by atoms with Crippen molar-refractivity contribution >= 4 is 40.4 Å². The zero-order chi connectivity index (χ0) is 21.5. The van der Waals surface area contributed by atoms with Crippen LogP contribution in [-0.2, 0) is 16.0 Å². The van der Waals surface area contributed by atoms with Crippen molar-refractivity contribution < 1.29 is 23.5 Å². The highest BCUT2D eigenvalue weighted by atomic mass is 35.5. The molecule has 0 radical (unpaired) electrons. The Balaban J connectivity index is 1.23. The van der Waals surface area contributed by atoms with Crippen molar-refractivity contribution in [1.29, 1.82) is 0 Å². The number of hydrogen-bond donors (Lipinski definition) is 1. The lowest BCUT2D eigenvalue weighted by Crippen LogP contribution is -2.75. The van der Waals surface area contributed by atoms with Crippen LogP contribution in [0.4, 0.5) is 4.39 Å². The van der Waals surface area contributed by atoms with Gasteiger partial charge in [0.1, 0.15) is 28.1 Å². The van der Waals surface area contributed by atoms with Crippen molar-refractivity contribution in [2.75, 3.05) is 6.61 Å². The number of thiazole rings is 1. The summed E-state index contributed by atoms with van der Waals surface area (Å²) < 4.78 is 18.7. The summed E-state index contributed by atoms with van der Waals surface area (Å²) in [7, 11) is 0. The molecule has 9 heteroatoms. The maximum absolute atomic E-state index is 13.4. The topological polar surface area (TPSA) is 85.4 Å². The Morgan fingerprint density at radius 2 is 2.03 bits per heavy atom. The van der Waals surface area contributed by atoms with Gasteiger partial charge >= 0.3 is 0 Å². The fourth-order valence-electron chi connectivity index (χ4n) is 4.53. The van der Waals surface area contributed by atoms with E-state index < -0.39 is 5.82 Å². The van der Waals surface area contributed by atoms with E-state index in [-0.39, 0.29) is 52.2 Å². The number of aromatic nitrogens is 1. The average Bonchev–Trinajstić information content (AvgIpc) is 3.07. The van der Waals surface area contributed by atoms with Crippen LogP contribution in [0.3, 0.4) is 0 Å². The lowest BCUT2D eigenvalue weighted by molar-refractivity contribution is -0.164. The molecule has 3 fully saturated rings. The number of nitrogens with one attached hydrogen (secondary N) is 1. The van der Waals surface area contributed by atoms with E-state index in [9.17, 15) is 18.8 Å². The number of amides is 1. The summed E-state index contributed by atoms with van der Waals surface area (Å²) in [6.07, 6.45) is 2.89. The highest BCUT2D eigenvalue weighted by Crippen LogP contribution is 2.69. The van der Waals surface area contributed by atoms with Crippen LogP contribution >= 0.6 is 22.9 Å². The van der Waals surface area contributed by atoms with Crippen LogP contribution in [0.1, 0.15) is 48.1 Å². The third-order valence-electron chi connectivity index (χ3n) is 5.58. The monoisotopic (exact) mass is 450 g/mol. The summed E-state index contributed by atoms with van der Waals surface area (Å²) in [5.74, 6) is -0.647. The fraction of sp³-hybridized carbons (Fsp3) is 0.429. The first kappa shape index (κ1) is 20.9. The number of carbonyl (C=O) groups is 3. The molecule has 30 heavy (non-hydrogen) atoms. The molecule has 0 saturated heterocycles. The zero-order valence-corrected chi connectivity index (χ0v) is 17.9. The molecule has 0 spiro atoms. The van der Waals surface area contributed by atoms with Crippen molar-refractivity contribution in [1.82, 2.24) is 10.3 Å². The van der Waals surface area contributed by atoms with E-state index in [2.05, 4.69) is 10.3 Å². The second-order valence-electron chi connectivity index (χ2n) is 8.33. The van der Waals surface area contributed by atoms with Crippen LogP contribution in [-0.4, -0.2) is 34.6 Å². The number of nitrogens with zero attached hydrogens (tertiary/aromatic N) is 1. The molecule has 2 aromatic rings. The number of hydrogen-bond acceptors (Lipinski definition) is 6. The molecular weight excluding hydrogens is 431 g/mol. The third-order valence-corrected chi connectivity index (χ3v) is 6.73. The van der Waals surface area contributed by atoms with Crippen LogP contribution in [0.2, 0.25) is 5.02 Å². The molecule has 3 saturated carbocycles. The average molecular weight is 451 g/mol. The van der Waals surface area contributed by atoms with Gasteiger partial charge in [0.05, 0.1) is 11.4 Å². The van der Waals surface area contributed by atoms with Gasteiger partial charge in [-0.05, 0) is 43.7 Å². The maximum atomic E-state index is 13.4. The number of Topliss-reactive ketones (excluding diaryl/α,β-unsaturated/α-hetero) is 2. The van der Waals surface area contributed by atoms with E-state index in [1.807, 2.05) is 0 Å². The molecule has 5 rings (SSSR count). The molecule has 2 bridgehead atoms. The number of benzene rings is 1. The minimum Gasteiger partial charge on any atom is -0.484 e. The summed E-state index contributed by atoms with van der Waals surface area (Å²) in [5.41, 5.74) is 0.0746. The van der Waals surface area contributed by atoms with Gasteiger partial charge in [0.2, 0.25) is 0 Å². The van der Waals surface area contributed by atoms with Gasteiger partial charge in [-0.1, -0.05) is 11.6 Å². The quantitative estimate of drug-likeness (QED) is 0.588. The van der Waals surface area contributed by atoms with Crippen molar-refractivity contribution in [3.8, 4) is 5.75 Å². The minimum absolute atomic E-state index is 0.00626. The molecule has 1 amide bonds. The number of ketones is 2. The molecule has 3 aliphatic carbocycles. The Labute approximate surface area is 181 Å². The van der Waals surface area contributed by atoms with E-state index in [1.54, 1.807) is 5.38 Å². The van der Waals surface area contributed by atoms with E-state index in [1.165, 1.54) is 30.4 Å². The lowest BCUT2D eigenvalue weighted by Gasteiger charge is -2.70. The van der Waals surface area contributed by atoms with Gasteiger partial charge in [0.25, 0.3) is 5.91 Å². The molecule has 6 nitrogen and oxygen atoms in total. The summed E-state index contributed by atoms with van der Waals surface area (Å²) in [4.78, 5) is 40.2. The standard InChI is InChI=1S/C21H20ClFN2O4S/c1-12(26)4-19-24-16(8-30-19)17(27)6-20-9-21(10-20,11-20)25-18(28)7-29-13-2-3-14(22)15(23)5-13/h2-3,5,8H,4,6-7,9-11H2,1H3,(H,25,28). The molecule has 1 aromatic carbocycles. The number of ether oxygens (including phenoxy) is 1. The van der Waals surface area contributed by atoms with Crippen LogP contribution < -0.4 is 10.1 Å². The Hall–Kier alpha value is -2.32. The van der Waals surface area contributed by atoms with Crippen molar-refractivity contribution in [2.45, 2.75) is 44.6 Å². The normalized spacial score (nSPS) is 23.8. The summed E-state index contributed by atoms with van der Waals surface area (Å²) in [6.45, 7) is 1.28. The second kappa shape index (κ2) is 7.74. The minimum atomic E-state index is -0.603. The molecule has 1 N–H and O–H groups in total. The van der Waals surface area contributed by atoms with E-state index >= 15 is 0 Å². The van der Waals surface area contributed by atoms with Gasteiger partial charge in [-0.15, -0.1) is 11.3 Å². The highest BCUT2D eigenvalue weighted by Gasteiger charge is 2.68. The maximum Gasteiger partial charge on any atom is 0.258 e. The van der Waals surface area contributed by atoms with E-state index in [0.717, 1.165) is 25.3 Å². The first-order chi connectivity index (χ1) is 14.2.